The average Bonchev–Trinajstić information content (AvgIpc) is 2.92. The van der Waals surface area contributed by atoms with E-state index in [0.29, 0.717) is 27.5 Å². The molecule has 0 spiro atoms. The molecule has 1 fully saturated rings. The molecule has 0 bridgehead atoms. The number of thioether (sulfide) groups is 1. The molecule has 1 amide bonds. The van der Waals surface area contributed by atoms with E-state index < -0.39 is 5.97 Å². The van der Waals surface area contributed by atoms with Gasteiger partial charge in [0.25, 0.3) is 0 Å². The Morgan fingerprint density at radius 3 is 2.31 bits per heavy atom. The molecule has 4 aromatic rings. The smallest absolute Gasteiger partial charge is 0.336 e. The first-order valence-corrected chi connectivity index (χ1v) is 13.3. The number of aromatic carboxylic acids is 1. The lowest BCUT2D eigenvalue weighted by Gasteiger charge is -2.26. The lowest BCUT2D eigenvalue weighted by atomic mass is 10.0. The van der Waals surface area contributed by atoms with Gasteiger partial charge >= 0.3 is 5.97 Å². The minimum atomic E-state index is -0.985. The van der Waals surface area contributed by atoms with Gasteiger partial charge in [-0.1, -0.05) is 79.9 Å². The highest BCUT2D eigenvalue weighted by Gasteiger charge is 2.26. The molecule has 1 aromatic heterocycles. The van der Waals surface area contributed by atoms with Crippen molar-refractivity contribution in [3.63, 3.8) is 0 Å². The first-order valence-electron chi connectivity index (χ1n) is 12.3. The van der Waals surface area contributed by atoms with Gasteiger partial charge in [-0.3, -0.25) is 4.79 Å². The largest absolute Gasteiger partial charge is 0.478 e. The summed E-state index contributed by atoms with van der Waals surface area (Å²) in [4.78, 5) is 29.9. The van der Waals surface area contributed by atoms with E-state index in [2.05, 4.69) is 10.3 Å². The van der Waals surface area contributed by atoms with Gasteiger partial charge in [-0.2, -0.15) is 0 Å². The van der Waals surface area contributed by atoms with Crippen molar-refractivity contribution in [1.29, 1.82) is 0 Å². The van der Waals surface area contributed by atoms with E-state index in [4.69, 9.17) is 0 Å². The van der Waals surface area contributed by atoms with E-state index in [-0.39, 0.29) is 16.7 Å². The maximum Gasteiger partial charge on any atom is 0.336 e. The molecule has 3 aromatic carbocycles. The van der Waals surface area contributed by atoms with Gasteiger partial charge in [0.05, 0.1) is 16.8 Å². The zero-order valence-electron chi connectivity index (χ0n) is 19.9. The van der Waals surface area contributed by atoms with Crippen molar-refractivity contribution in [2.45, 2.75) is 42.6 Å². The molecule has 0 radical (unpaired) electrons. The van der Waals surface area contributed by atoms with Crippen molar-refractivity contribution in [2.75, 3.05) is 5.32 Å². The Balaban J connectivity index is 1.36. The topological polar surface area (TPSA) is 79.3 Å². The summed E-state index contributed by atoms with van der Waals surface area (Å²) in [5.41, 5.74) is 3.95. The van der Waals surface area contributed by atoms with Crippen molar-refractivity contribution in [1.82, 2.24) is 4.98 Å². The number of aromatic nitrogens is 1. The molecule has 36 heavy (non-hydrogen) atoms. The number of fused-ring (bicyclic) bond motifs is 1. The van der Waals surface area contributed by atoms with Crippen molar-refractivity contribution in [3.05, 3.63) is 96.1 Å². The monoisotopic (exact) mass is 496 g/mol. The molecule has 1 heterocycles. The maximum absolute atomic E-state index is 13.4. The second-order valence-electron chi connectivity index (χ2n) is 9.13. The van der Waals surface area contributed by atoms with Crippen molar-refractivity contribution < 1.29 is 14.7 Å². The third-order valence-electron chi connectivity index (χ3n) is 6.62. The van der Waals surface area contributed by atoms with E-state index in [0.717, 1.165) is 24.0 Å². The van der Waals surface area contributed by atoms with Crippen LogP contribution in [0.2, 0.25) is 0 Å². The predicted molar refractivity (Wildman–Crippen MR) is 146 cm³/mol. The number of carbonyl (C=O) groups excluding carboxylic acids is 1. The van der Waals surface area contributed by atoms with Crippen LogP contribution in [0.25, 0.3) is 22.2 Å². The number of nitrogens with zero attached hydrogens (tertiary/aromatic N) is 1. The van der Waals surface area contributed by atoms with Gasteiger partial charge in [0.15, 0.2) is 0 Å². The first kappa shape index (κ1) is 24.1. The second kappa shape index (κ2) is 11.0. The Morgan fingerprint density at radius 1 is 0.889 bits per heavy atom. The van der Waals surface area contributed by atoms with Crippen LogP contribution in [-0.4, -0.2) is 27.2 Å². The van der Waals surface area contributed by atoms with Crippen LogP contribution in [0.15, 0.2) is 84.9 Å². The summed E-state index contributed by atoms with van der Waals surface area (Å²) in [6, 6.07) is 26.2. The lowest BCUT2D eigenvalue weighted by Crippen LogP contribution is -2.22. The fourth-order valence-corrected chi connectivity index (χ4v) is 6.23. The zero-order valence-corrected chi connectivity index (χ0v) is 20.7. The number of nitrogens with one attached hydrogen (secondary N) is 1. The van der Waals surface area contributed by atoms with Crippen LogP contribution in [0.4, 0.5) is 5.69 Å². The molecule has 1 aliphatic rings. The molecular weight excluding hydrogens is 468 g/mol. The highest BCUT2D eigenvalue weighted by atomic mass is 32.2. The number of rotatable bonds is 7. The van der Waals surface area contributed by atoms with E-state index >= 15 is 0 Å². The number of benzene rings is 3. The second-order valence-corrected chi connectivity index (χ2v) is 10.5. The molecule has 1 saturated carbocycles. The number of amides is 1. The van der Waals surface area contributed by atoms with Crippen LogP contribution in [0.5, 0.6) is 0 Å². The normalized spacial score (nSPS) is 14.9. The molecule has 0 saturated heterocycles. The highest BCUT2D eigenvalue weighted by Crippen LogP contribution is 2.39. The van der Waals surface area contributed by atoms with Gasteiger partial charge in [0.1, 0.15) is 5.25 Å². The Kier molecular flexibility index (Phi) is 7.33. The number of carboxylic acids is 1. The number of para-hydroxylation sites is 1. The molecule has 5 rings (SSSR count). The summed E-state index contributed by atoms with van der Waals surface area (Å²) in [7, 11) is 0. The van der Waals surface area contributed by atoms with Crippen molar-refractivity contribution in [2.24, 2.45) is 0 Å². The molecule has 0 aliphatic heterocycles. The Hall–Kier alpha value is -3.64. The first-order chi connectivity index (χ1) is 17.6. The number of anilines is 1. The molecule has 1 unspecified atom stereocenters. The summed E-state index contributed by atoms with van der Waals surface area (Å²) in [5.74, 6) is -1.01. The van der Waals surface area contributed by atoms with Crippen molar-refractivity contribution >= 4 is 40.2 Å². The number of hydrogen-bond donors (Lipinski definition) is 2. The predicted octanol–water partition coefficient (Wildman–Crippen LogP) is 7.35. The Morgan fingerprint density at radius 2 is 1.58 bits per heavy atom. The minimum Gasteiger partial charge on any atom is -0.478 e. The summed E-state index contributed by atoms with van der Waals surface area (Å²) in [5, 5.41) is 13.6. The third-order valence-corrected chi connectivity index (χ3v) is 8.23. The van der Waals surface area contributed by atoms with E-state index in [9.17, 15) is 14.7 Å². The van der Waals surface area contributed by atoms with Crippen LogP contribution in [0.1, 0.15) is 53.3 Å². The van der Waals surface area contributed by atoms with Gasteiger partial charge < -0.3 is 10.4 Å². The Bertz CT molecular complexity index is 1370. The molecular formula is C30H28N2O3S. The fraction of sp³-hybridized carbons (Fsp3) is 0.233. The van der Waals surface area contributed by atoms with Gasteiger partial charge in [0, 0.05) is 21.9 Å². The van der Waals surface area contributed by atoms with Crippen LogP contribution in [0.3, 0.4) is 0 Å². The number of carboxylic acid groups (broad SMARTS) is 1. The van der Waals surface area contributed by atoms with Gasteiger partial charge in [-0.15, -0.1) is 11.8 Å². The standard InChI is InChI=1S/C30H28N2O3S/c33-29(28(21-9-3-1-4-10-21)36-23-11-5-2-6-12-23)31-22-17-15-20(16-18-22)27-19-25(30(34)35)24-13-7-8-14-26(24)32-27/h1,3-4,7-10,13-19,23,28H,2,5-6,11-12H2,(H,31,33)(H,34,35). The molecule has 1 atom stereocenters. The van der Waals surface area contributed by atoms with E-state index in [1.165, 1.54) is 19.3 Å². The molecule has 182 valence electrons. The van der Waals surface area contributed by atoms with Crippen molar-refractivity contribution in [3.8, 4) is 11.3 Å². The van der Waals surface area contributed by atoms with E-state index in [1.54, 1.807) is 23.9 Å². The summed E-state index contributed by atoms with van der Waals surface area (Å²) in [6.45, 7) is 0. The van der Waals surface area contributed by atoms with Gasteiger partial charge in [0.2, 0.25) is 5.91 Å². The highest BCUT2D eigenvalue weighted by molar-refractivity contribution is 8.00. The number of pyridine rings is 1. The SMILES string of the molecule is O=C(O)c1cc(-c2ccc(NC(=O)C(SC3CCCCC3)c3ccccc3)cc2)nc2ccccc12. The maximum atomic E-state index is 13.4. The average molecular weight is 497 g/mol. The van der Waals surface area contributed by atoms with E-state index in [1.807, 2.05) is 72.8 Å². The number of carbonyl (C=O) groups is 2. The number of hydrogen-bond acceptors (Lipinski definition) is 4. The third kappa shape index (κ3) is 5.44. The quantitative estimate of drug-likeness (QED) is 0.280. The molecule has 6 heteroatoms. The van der Waals surface area contributed by atoms with Crippen LogP contribution < -0.4 is 5.32 Å². The lowest BCUT2D eigenvalue weighted by molar-refractivity contribution is -0.115. The zero-order chi connectivity index (χ0) is 24.9. The Labute approximate surface area is 215 Å². The fourth-order valence-electron chi connectivity index (χ4n) is 4.75. The van der Waals surface area contributed by atoms with Crippen LogP contribution in [0, 0.1) is 0 Å². The van der Waals surface area contributed by atoms with Gasteiger partial charge in [-0.25, -0.2) is 9.78 Å². The summed E-state index contributed by atoms with van der Waals surface area (Å²) >= 11 is 1.77. The molecule has 5 nitrogen and oxygen atoms in total. The molecule has 2 N–H and O–H groups in total. The minimum absolute atomic E-state index is 0.0264. The molecule has 1 aliphatic carbocycles. The summed E-state index contributed by atoms with van der Waals surface area (Å²) in [6.07, 6.45) is 6.06. The summed E-state index contributed by atoms with van der Waals surface area (Å²) < 4.78 is 0. The van der Waals surface area contributed by atoms with Crippen LogP contribution in [-0.2, 0) is 4.79 Å². The van der Waals surface area contributed by atoms with Crippen LogP contribution >= 0.6 is 11.8 Å². The van der Waals surface area contributed by atoms with Gasteiger partial charge in [-0.05, 0) is 42.7 Å².